The Kier molecular flexibility index (Phi) is 4.17. The molecule has 0 N–H and O–H groups in total. The van der Waals surface area contributed by atoms with Gasteiger partial charge in [-0.3, -0.25) is 0 Å². The Morgan fingerprint density at radius 2 is 2.25 bits per heavy atom. The Balaban J connectivity index is 3.19. The summed E-state index contributed by atoms with van der Waals surface area (Å²) in [6.07, 6.45) is 0. The number of hydrogen-bond acceptors (Lipinski definition) is 4. The third-order valence-corrected chi connectivity index (χ3v) is 2.01. The fourth-order valence-corrected chi connectivity index (χ4v) is 1.33. The molecule has 0 amide bonds. The van der Waals surface area contributed by atoms with E-state index < -0.39 is 5.97 Å². The van der Waals surface area contributed by atoms with Crippen LogP contribution in [0.5, 0.6) is 5.75 Å². The predicted octanol–water partition coefficient (Wildman–Crippen LogP) is 2.29. The highest BCUT2D eigenvalue weighted by Crippen LogP contribution is 2.25. The van der Waals surface area contributed by atoms with Crippen LogP contribution in [0.3, 0.4) is 0 Å². The molecular weight excluding hydrogens is 210 g/mol. The van der Waals surface area contributed by atoms with Crippen LogP contribution in [0.1, 0.15) is 15.9 Å². The smallest absolute Gasteiger partial charge is 0.341 e. The topological polar surface area (TPSA) is 84.3 Å². The van der Waals surface area contributed by atoms with Crippen LogP contribution in [0.4, 0.5) is 0 Å². The highest BCUT2D eigenvalue weighted by atomic mass is 16.5. The highest BCUT2D eigenvalue weighted by molar-refractivity contribution is 5.92. The van der Waals surface area contributed by atoms with Crippen molar-refractivity contribution < 1.29 is 14.3 Å². The van der Waals surface area contributed by atoms with Gasteiger partial charge in [0, 0.05) is 10.5 Å². The van der Waals surface area contributed by atoms with E-state index in [1.165, 1.54) is 14.2 Å². The molecular formula is C10H11N3O3. The average Bonchev–Trinajstić information content (AvgIpc) is 2.34. The molecule has 6 heteroatoms. The maximum absolute atomic E-state index is 11.4. The van der Waals surface area contributed by atoms with Gasteiger partial charge in [-0.15, -0.1) is 0 Å². The van der Waals surface area contributed by atoms with Crippen LogP contribution < -0.4 is 4.74 Å². The number of nitrogens with zero attached hydrogens (tertiary/aromatic N) is 3. The molecule has 0 saturated carbocycles. The van der Waals surface area contributed by atoms with E-state index in [-0.39, 0.29) is 6.54 Å². The van der Waals surface area contributed by atoms with Crippen molar-refractivity contribution in [1.29, 1.82) is 0 Å². The van der Waals surface area contributed by atoms with Crippen molar-refractivity contribution >= 4 is 5.97 Å². The Hall–Kier alpha value is -2.20. The summed E-state index contributed by atoms with van der Waals surface area (Å²) in [5.74, 6) is -0.110. The minimum atomic E-state index is -0.486. The summed E-state index contributed by atoms with van der Waals surface area (Å²) in [7, 11) is 2.74. The lowest BCUT2D eigenvalue weighted by Gasteiger charge is -2.10. The van der Waals surface area contributed by atoms with E-state index in [9.17, 15) is 4.79 Å². The van der Waals surface area contributed by atoms with Gasteiger partial charge in [0.25, 0.3) is 0 Å². The number of para-hydroxylation sites is 1. The molecule has 16 heavy (non-hydrogen) atoms. The molecule has 0 aromatic heterocycles. The zero-order valence-electron chi connectivity index (χ0n) is 9.01. The minimum absolute atomic E-state index is 0.129. The number of benzene rings is 1. The van der Waals surface area contributed by atoms with E-state index >= 15 is 0 Å². The van der Waals surface area contributed by atoms with Gasteiger partial charge in [0.1, 0.15) is 11.3 Å². The monoisotopic (exact) mass is 221 g/mol. The SMILES string of the molecule is COC(=O)c1cccc(CN=[N+]=[N-])c1OC. The average molecular weight is 221 g/mol. The largest absolute Gasteiger partial charge is 0.496 e. The van der Waals surface area contributed by atoms with Crippen LogP contribution >= 0.6 is 0 Å². The van der Waals surface area contributed by atoms with Crippen molar-refractivity contribution in [3.8, 4) is 5.75 Å². The fraction of sp³-hybridized carbons (Fsp3) is 0.300. The van der Waals surface area contributed by atoms with Gasteiger partial charge in [0.2, 0.25) is 0 Å². The number of carbonyl (C=O) groups is 1. The third kappa shape index (κ3) is 2.43. The first kappa shape index (κ1) is 11.9. The lowest BCUT2D eigenvalue weighted by molar-refractivity contribution is 0.0597. The second-order valence-electron chi connectivity index (χ2n) is 2.88. The Morgan fingerprint density at radius 1 is 1.50 bits per heavy atom. The lowest BCUT2D eigenvalue weighted by atomic mass is 10.1. The molecule has 1 rings (SSSR count). The maximum Gasteiger partial charge on any atom is 0.341 e. The molecule has 0 radical (unpaired) electrons. The Morgan fingerprint density at radius 3 is 2.81 bits per heavy atom. The number of rotatable bonds is 4. The standard InChI is InChI=1S/C10H11N3O3/c1-15-9-7(6-12-13-11)4-3-5-8(9)10(14)16-2/h3-5H,6H2,1-2H3. The fourth-order valence-electron chi connectivity index (χ4n) is 1.33. The van der Waals surface area contributed by atoms with Crippen LogP contribution in [0.25, 0.3) is 10.4 Å². The Bertz CT molecular complexity index is 439. The molecule has 0 aliphatic rings. The first-order valence-electron chi connectivity index (χ1n) is 4.49. The number of ether oxygens (including phenoxy) is 2. The lowest BCUT2D eigenvalue weighted by Crippen LogP contribution is -2.05. The summed E-state index contributed by atoms with van der Waals surface area (Å²) in [5.41, 5.74) is 9.20. The van der Waals surface area contributed by atoms with Crippen molar-refractivity contribution in [3.63, 3.8) is 0 Å². The molecule has 0 fully saturated rings. The molecule has 1 aromatic carbocycles. The second kappa shape index (κ2) is 5.63. The van der Waals surface area contributed by atoms with E-state index in [1.807, 2.05) is 0 Å². The summed E-state index contributed by atoms with van der Waals surface area (Å²) in [4.78, 5) is 14.1. The third-order valence-electron chi connectivity index (χ3n) is 2.01. The van der Waals surface area contributed by atoms with Crippen LogP contribution in [0.15, 0.2) is 23.3 Å². The summed E-state index contributed by atoms with van der Waals surface area (Å²) < 4.78 is 9.73. The second-order valence-corrected chi connectivity index (χ2v) is 2.88. The van der Waals surface area contributed by atoms with E-state index in [1.54, 1.807) is 18.2 Å². The Labute approximate surface area is 92.4 Å². The van der Waals surface area contributed by atoms with E-state index in [4.69, 9.17) is 10.3 Å². The predicted molar refractivity (Wildman–Crippen MR) is 57.2 cm³/mol. The summed E-state index contributed by atoms with van der Waals surface area (Å²) >= 11 is 0. The van der Waals surface area contributed by atoms with Gasteiger partial charge in [-0.2, -0.15) is 0 Å². The summed E-state index contributed by atoms with van der Waals surface area (Å²) in [6, 6.07) is 4.99. The normalized spacial score (nSPS) is 9.12. The van der Waals surface area contributed by atoms with Crippen molar-refractivity contribution in [3.05, 3.63) is 39.8 Å². The molecule has 0 unspecified atom stereocenters. The van der Waals surface area contributed by atoms with Gasteiger partial charge >= 0.3 is 5.97 Å². The molecule has 1 aromatic rings. The van der Waals surface area contributed by atoms with Crippen LogP contribution in [-0.4, -0.2) is 20.2 Å². The van der Waals surface area contributed by atoms with Crippen molar-refractivity contribution in [1.82, 2.24) is 0 Å². The molecule has 0 bridgehead atoms. The number of methoxy groups -OCH3 is 2. The van der Waals surface area contributed by atoms with Gasteiger partial charge in [-0.25, -0.2) is 4.79 Å². The van der Waals surface area contributed by atoms with Crippen molar-refractivity contribution in [2.45, 2.75) is 6.54 Å². The van der Waals surface area contributed by atoms with Crippen LogP contribution in [-0.2, 0) is 11.3 Å². The molecule has 0 heterocycles. The number of esters is 1. The van der Waals surface area contributed by atoms with E-state index in [0.29, 0.717) is 16.9 Å². The van der Waals surface area contributed by atoms with Gasteiger partial charge in [-0.05, 0) is 11.6 Å². The molecule has 6 nitrogen and oxygen atoms in total. The molecule has 84 valence electrons. The van der Waals surface area contributed by atoms with Crippen molar-refractivity contribution in [2.75, 3.05) is 14.2 Å². The highest BCUT2D eigenvalue weighted by Gasteiger charge is 2.15. The maximum atomic E-state index is 11.4. The van der Waals surface area contributed by atoms with Gasteiger partial charge in [0.05, 0.1) is 20.8 Å². The quantitative estimate of drug-likeness (QED) is 0.338. The summed E-state index contributed by atoms with van der Waals surface area (Å²) in [5, 5.41) is 3.43. The molecule has 0 atom stereocenters. The molecule has 0 aliphatic carbocycles. The first-order chi connectivity index (χ1) is 7.74. The number of carbonyl (C=O) groups excluding carboxylic acids is 1. The van der Waals surface area contributed by atoms with Gasteiger partial charge < -0.3 is 9.47 Å². The number of hydrogen-bond donors (Lipinski definition) is 0. The zero-order valence-corrected chi connectivity index (χ0v) is 9.01. The van der Waals surface area contributed by atoms with Crippen LogP contribution in [0.2, 0.25) is 0 Å². The zero-order chi connectivity index (χ0) is 12.0. The molecule has 0 aliphatic heterocycles. The minimum Gasteiger partial charge on any atom is -0.496 e. The van der Waals surface area contributed by atoms with E-state index in [2.05, 4.69) is 14.8 Å². The number of azide groups is 1. The van der Waals surface area contributed by atoms with E-state index in [0.717, 1.165) is 0 Å². The van der Waals surface area contributed by atoms with Gasteiger partial charge in [-0.1, -0.05) is 17.2 Å². The van der Waals surface area contributed by atoms with Gasteiger partial charge in [0.15, 0.2) is 0 Å². The summed E-state index contributed by atoms with van der Waals surface area (Å²) in [6.45, 7) is 0.129. The van der Waals surface area contributed by atoms with Crippen LogP contribution in [0, 0.1) is 0 Å². The molecule has 0 saturated heterocycles. The first-order valence-corrected chi connectivity index (χ1v) is 4.49. The van der Waals surface area contributed by atoms with Crippen molar-refractivity contribution in [2.24, 2.45) is 5.11 Å². The molecule has 0 spiro atoms.